The lowest BCUT2D eigenvalue weighted by Crippen LogP contribution is -2.22. The van der Waals surface area contributed by atoms with Crippen LogP contribution in [0, 0.1) is 5.92 Å². The number of aliphatic carboxylic acids is 1. The maximum absolute atomic E-state index is 12.2. The third-order valence-corrected chi connectivity index (χ3v) is 4.51. The number of ketones is 1. The van der Waals surface area contributed by atoms with Crippen LogP contribution in [0.2, 0.25) is 0 Å². The highest BCUT2D eigenvalue weighted by Gasteiger charge is 2.23. The van der Waals surface area contributed by atoms with E-state index in [1.165, 1.54) is 24.8 Å². The van der Waals surface area contributed by atoms with E-state index in [-0.39, 0.29) is 31.1 Å². The second-order valence-corrected chi connectivity index (χ2v) is 6.43. The van der Waals surface area contributed by atoms with E-state index >= 15 is 0 Å². The van der Waals surface area contributed by atoms with Crippen molar-refractivity contribution in [3.05, 3.63) is 35.9 Å². The Morgan fingerprint density at radius 2 is 1.75 bits per heavy atom. The average molecular weight is 334 g/mol. The minimum atomic E-state index is -0.973. The van der Waals surface area contributed by atoms with E-state index in [4.69, 9.17) is 5.11 Å². The zero-order chi connectivity index (χ0) is 17.8. The summed E-state index contributed by atoms with van der Waals surface area (Å²) in [5.41, 5.74) is 1.19. The number of aliphatic hydroxyl groups excluding tert-OH is 1. The molecule has 134 valence electrons. The van der Waals surface area contributed by atoms with Crippen molar-refractivity contribution in [2.24, 2.45) is 5.92 Å². The van der Waals surface area contributed by atoms with Gasteiger partial charge in [-0.25, -0.2) is 0 Å². The Kier molecular flexibility index (Phi) is 10.0. The summed E-state index contributed by atoms with van der Waals surface area (Å²) < 4.78 is 0. The summed E-state index contributed by atoms with van der Waals surface area (Å²) in [6.07, 6.45) is 6.09. The molecular weight excluding hydrogens is 304 g/mol. The Morgan fingerprint density at radius 1 is 1.04 bits per heavy atom. The molecule has 0 aliphatic rings. The number of carbonyl (C=O) groups excluding carboxylic acids is 1. The number of rotatable bonds is 13. The fourth-order valence-electron chi connectivity index (χ4n) is 3.05. The quantitative estimate of drug-likeness (QED) is 0.531. The minimum absolute atomic E-state index is 0.00208. The number of hydrogen-bond acceptors (Lipinski definition) is 3. The highest BCUT2D eigenvalue weighted by molar-refractivity contribution is 5.84. The molecule has 24 heavy (non-hydrogen) atoms. The molecule has 0 aromatic heterocycles. The van der Waals surface area contributed by atoms with Gasteiger partial charge in [-0.3, -0.25) is 9.59 Å². The van der Waals surface area contributed by atoms with Gasteiger partial charge >= 0.3 is 5.97 Å². The minimum Gasteiger partial charge on any atom is -0.481 e. The third-order valence-electron chi connectivity index (χ3n) is 4.51. The Balaban J connectivity index is 2.70. The van der Waals surface area contributed by atoms with Gasteiger partial charge < -0.3 is 10.2 Å². The van der Waals surface area contributed by atoms with Crippen molar-refractivity contribution < 1.29 is 19.8 Å². The van der Waals surface area contributed by atoms with E-state index < -0.39 is 11.9 Å². The van der Waals surface area contributed by atoms with E-state index in [9.17, 15) is 14.7 Å². The predicted molar refractivity (Wildman–Crippen MR) is 95.0 cm³/mol. The lowest BCUT2D eigenvalue weighted by molar-refractivity contribution is -0.139. The number of Topliss-reactive ketones (excluding diaryl/α,β-unsaturated/α-hetero) is 1. The zero-order valence-corrected chi connectivity index (χ0v) is 14.6. The van der Waals surface area contributed by atoms with Crippen molar-refractivity contribution in [2.75, 3.05) is 6.61 Å². The molecule has 0 amide bonds. The van der Waals surface area contributed by atoms with Crippen molar-refractivity contribution >= 4 is 11.8 Å². The summed E-state index contributed by atoms with van der Waals surface area (Å²) >= 11 is 0. The van der Waals surface area contributed by atoms with Crippen LogP contribution in [-0.4, -0.2) is 28.6 Å². The monoisotopic (exact) mass is 334 g/mol. The number of hydrogen-bond donors (Lipinski definition) is 2. The largest absolute Gasteiger partial charge is 0.481 e. The van der Waals surface area contributed by atoms with Crippen LogP contribution in [0.4, 0.5) is 0 Å². The first-order valence-corrected chi connectivity index (χ1v) is 8.98. The number of carboxylic acid groups (broad SMARTS) is 1. The van der Waals surface area contributed by atoms with Crippen molar-refractivity contribution in [2.45, 2.75) is 64.2 Å². The molecular formula is C20H30O4. The van der Waals surface area contributed by atoms with E-state index in [1.54, 1.807) is 0 Å². The summed E-state index contributed by atoms with van der Waals surface area (Å²) in [6, 6.07) is 10.1. The van der Waals surface area contributed by atoms with Crippen LogP contribution in [0.5, 0.6) is 0 Å². The van der Waals surface area contributed by atoms with Crippen molar-refractivity contribution in [3.63, 3.8) is 0 Å². The van der Waals surface area contributed by atoms with E-state index in [2.05, 4.69) is 19.1 Å². The third kappa shape index (κ3) is 7.73. The number of aliphatic hydroxyl groups is 1. The van der Waals surface area contributed by atoms with Gasteiger partial charge in [0.2, 0.25) is 0 Å². The summed E-state index contributed by atoms with van der Waals surface area (Å²) in [5, 5.41) is 18.3. The van der Waals surface area contributed by atoms with Crippen LogP contribution in [0.1, 0.15) is 69.8 Å². The normalized spacial score (nSPS) is 13.4. The smallest absolute Gasteiger partial charge is 0.303 e. The molecule has 0 saturated heterocycles. The number of benzene rings is 1. The molecule has 0 fully saturated rings. The number of unbranched alkanes of at least 4 members (excludes halogenated alkanes) is 3. The standard InChI is InChI=1S/C20H30O4/c1-2-3-4-6-11-17(16-9-7-5-8-10-16)14-18(15-21)19(22)12-13-20(23)24/h5,7-10,17-18,21H,2-4,6,11-15H2,1H3,(H,23,24). The molecule has 2 atom stereocenters. The van der Waals surface area contributed by atoms with Crippen LogP contribution in [0.15, 0.2) is 30.3 Å². The summed E-state index contributed by atoms with van der Waals surface area (Å²) in [4.78, 5) is 22.8. The molecule has 0 bridgehead atoms. The lowest BCUT2D eigenvalue weighted by atomic mass is 9.83. The lowest BCUT2D eigenvalue weighted by Gasteiger charge is -2.22. The second kappa shape index (κ2) is 11.8. The molecule has 1 aromatic carbocycles. The van der Waals surface area contributed by atoms with Gasteiger partial charge in [0.15, 0.2) is 0 Å². The fourth-order valence-corrected chi connectivity index (χ4v) is 3.05. The molecule has 0 heterocycles. The first kappa shape index (κ1) is 20.4. The molecule has 0 spiro atoms. The van der Waals surface area contributed by atoms with Gasteiger partial charge in [-0.15, -0.1) is 0 Å². The average Bonchev–Trinajstić information content (AvgIpc) is 2.60. The van der Waals surface area contributed by atoms with Gasteiger partial charge in [-0.05, 0) is 24.3 Å². The SMILES string of the molecule is CCCCCCC(CC(CO)C(=O)CCC(=O)O)c1ccccc1. The van der Waals surface area contributed by atoms with Crippen LogP contribution in [-0.2, 0) is 9.59 Å². The van der Waals surface area contributed by atoms with Crippen molar-refractivity contribution in [1.82, 2.24) is 0 Å². The highest BCUT2D eigenvalue weighted by Crippen LogP contribution is 2.30. The topological polar surface area (TPSA) is 74.6 Å². The molecule has 1 rings (SSSR count). The predicted octanol–water partition coefficient (Wildman–Crippen LogP) is 4.17. The molecule has 4 nitrogen and oxygen atoms in total. The maximum Gasteiger partial charge on any atom is 0.303 e. The number of carbonyl (C=O) groups is 2. The molecule has 2 N–H and O–H groups in total. The highest BCUT2D eigenvalue weighted by atomic mass is 16.4. The summed E-state index contributed by atoms with van der Waals surface area (Å²) in [5.74, 6) is -1.36. The molecule has 0 radical (unpaired) electrons. The van der Waals surface area contributed by atoms with E-state index in [0.29, 0.717) is 6.42 Å². The van der Waals surface area contributed by atoms with Crippen LogP contribution < -0.4 is 0 Å². The van der Waals surface area contributed by atoms with Gasteiger partial charge in [-0.1, -0.05) is 62.9 Å². The van der Waals surface area contributed by atoms with Crippen LogP contribution in [0.3, 0.4) is 0 Å². The first-order chi connectivity index (χ1) is 11.6. The molecule has 0 saturated carbocycles. The van der Waals surface area contributed by atoms with Crippen LogP contribution >= 0.6 is 0 Å². The molecule has 0 aliphatic carbocycles. The van der Waals surface area contributed by atoms with E-state index in [1.807, 2.05) is 18.2 Å². The van der Waals surface area contributed by atoms with Gasteiger partial charge in [0.25, 0.3) is 0 Å². The number of carboxylic acids is 1. The van der Waals surface area contributed by atoms with Crippen LogP contribution in [0.25, 0.3) is 0 Å². The molecule has 1 aromatic rings. The van der Waals surface area contributed by atoms with Gasteiger partial charge in [0.1, 0.15) is 5.78 Å². The molecule has 4 heteroatoms. The Hall–Kier alpha value is -1.68. The van der Waals surface area contributed by atoms with Gasteiger partial charge in [0.05, 0.1) is 13.0 Å². The van der Waals surface area contributed by atoms with E-state index in [0.717, 1.165) is 12.8 Å². The Labute approximate surface area is 144 Å². The Morgan fingerprint density at radius 3 is 2.33 bits per heavy atom. The zero-order valence-electron chi connectivity index (χ0n) is 14.6. The maximum atomic E-state index is 12.2. The summed E-state index contributed by atoms with van der Waals surface area (Å²) in [6.45, 7) is 1.97. The first-order valence-electron chi connectivity index (χ1n) is 8.98. The van der Waals surface area contributed by atoms with Crippen molar-refractivity contribution in [3.8, 4) is 0 Å². The molecule has 2 unspecified atom stereocenters. The molecule has 0 aliphatic heterocycles. The van der Waals surface area contributed by atoms with Gasteiger partial charge in [-0.2, -0.15) is 0 Å². The fraction of sp³-hybridized carbons (Fsp3) is 0.600. The van der Waals surface area contributed by atoms with Gasteiger partial charge in [0, 0.05) is 12.3 Å². The summed E-state index contributed by atoms with van der Waals surface area (Å²) in [7, 11) is 0. The second-order valence-electron chi connectivity index (χ2n) is 6.43. The van der Waals surface area contributed by atoms with Crippen molar-refractivity contribution in [1.29, 1.82) is 0 Å². The Bertz CT molecular complexity index is 484.